The van der Waals surface area contributed by atoms with Crippen LogP contribution in [0.2, 0.25) is 0 Å². The molecule has 1 aromatic rings. The van der Waals surface area contributed by atoms with Gasteiger partial charge in [0.25, 0.3) is 0 Å². The minimum absolute atomic E-state index is 0.214. The summed E-state index contributed by atoms with van der Waals surface area (Å²) in [4.78, 5) is 28.0. The number of aryl methyl sites for hydroxylation is 1. The van der Waals surface area contributed by atoms with E-state index in [-0.39, 0.29) is 11.5 Å². The van der Waals surface area contributed by atoms with Crippen molar-refractivity contribution in [2.45, 2.75) is 51.1 Å². The number of carbonyl (C=O) groups is 2. The zero-order valence-electron chi connectivity index (χ0n) is 14.3. The van der Waals surface area contributed by atoms with Gasteiger partial charge >= 0.3 is 5.97 Å². The molecule has 2 saturated heterocycles. The number of carbonyl (C=O) groups excluding carboxylic acids is 1. The zero-order valence-corrected chi connectivity index (χ0v) is 14.3. The molecule has 2 aliphatic rings. The summed E-state index contributed by atoms with van der Waals surface area (Å²) in [6.07, 6.45) is 4.80. The number of carboxylic acid groups (broad SMARTS) is 1. The molecule has 0 bridgehead atoms. The summed E-state index contributed by atoms with van der Waals surface area (Å²) in [6.45, 7) is 5.38. The van der Waals surface area contributed by atoms with Crippen molar-refractivity contribution >= 4 is 11.9 Å². The van der Waals surface area contributed by atoms with E-state index >= 15 is 0 Å². The summed E-state index contributed by atoms with van der Waals surface area (Å²) in [5.41, 5.74) is 1.29. The van der Waals surface area contributed by atoms with Crippen LogP contribution >= 0.6 is 0 Å². The first-order valence-electron chi connectivity index (χ1n) is 8.92. The lowest BCUT2D eigenvalue weighted by Crippen LogP contribution is -2.44. The number of aromatic carboxylic acids is 1. The smallest absolute Gasteiger partial charge is 0.335 e. The molecule has 0 aromatic heterocycles. The number of likely N-dealkylation sites (tertiary alicyclic amines) is 2. The van der Waals surface area contributed by atoms with Gasteiger partial charge in [-0.05, 0) is 63.4 Å². The Morgan fingerprint density at radius 1 is 1.12 bits per heavy atom. The van der Waals surface area contributed by atoms with Gasteiger partial charge in [0.2, 0.25) is 5.91 Å². The second-order valence-corrected chi connectivity index (χ2v) is 6.93. The fourth-order valence-corrected chi connectivity index (χ4v) is 4.05. The number of carboxylic acids is 1. The van der Waals surface area contributed by atoms with Gasteiger partial charge in [0.1, 0.15) is 0 Å². The number of amides is 1. The molecular formula is C19H26N2O3. The van der Waals surface area contributed by atoms with Gasteiger partial charge in [-0.1, -0.05) is 12.1 Å². The van der Waals surface area contributed by atoms with Gasteiger partial charge in [0, 0.05) is 25.0 Å². The van der Waals surface area contributed by atoms with Gasteiger partial charge in [-0.3, -0.25) is 9.69 Å². The molecule has 130 valence electrons. The van der Waals surface area contributed by atoms with Gasteiger partial charge in [-0.25, -0.2) is 4.79 Å². The summed E-state index contributed by atoms with van der Waals surface area (Å²) in [5, 5.41) is 8.92. The van der Waals surface area contributed by atoms with Crippen LogP contribution in [0.4, 0.5) is 0 Å². The second-order valence-electron chi connectivity index (χ2n) is 6.93. The van der Waals surface area contributed by atoms with Gasteiger partial charge in [-0.2, -0.15) is 0 Å². The number of hydrogen-bond donors (Lipinski definition) is 1. The molecule has 5 nitrogen and oxygen atoms in total. The van der Waals surface area contributed by atoms with Crippen LogP contribution in [0.15, 0.2) is 24.3 Å². The number of nitrogens with zero attached hydrogens (tertiary/aromatic N) is 2. The van der Waals surface area contributed by atoms with Crippen molar-refractivity contribution < 1.29 is 14.7 Å². The van der Waals surface area contributed by atoms with E-state index in [1.165, 1.54) is 25.9 Å². The molecule has 1 aromatic carbocycles. The Hall–Kier alpha value is -1.88. The molecule has 2 heterocycles. The maximum Gasteiger partial charge on any atom is 0.335 e. The fraction of sp³-hybridized carbons (Fsp3) is 0.579. The average Bonchev–Trinajstić information content (AvgIpc) is 3.22. The average molecular weight is 330 g/mol. The SMILES string of the molecule is CC1C(N2CCCC2)CCN1C(=O)CCc1ccc(C(=O)O)cc1. The normalized spacial score (nSPS) is 24.5. The van der Waals surface area contributed by atoms with E-state index in [0.717, 1.165) is 18.5 Å². The number of rotatable bonds is 5. The summed E-state index contributed by atoms with van der Waals surface area (Å²) in [5.74, 6) is -0.706. The molecule has 2 atom stereocenters. The van der Waals surface area contributed by atoms with E-state index in [9.17, 15) is 9.59 Å². The first kappa shape index (κ1) is 17.0. The van der Waals surface area contributed by atoms with E-state index in [1.807, 2.05) is 4.90 Å². The quantitative estimate of drug-likeness (QED) is 0.900. The summed E-state index contributed by atoms with van der Waals surface area (Å²) in [7, 11) is 0. The predicted molar refractivity (Wildman–Crippen MR) is 92.1 cm³/mol. The second kappa shape index (κ2) is 7.34. The van der Waals surface area contributed by atoms with Crippen LogP contribution < -0.4 is 0 Å². The lowest BCUT2D eigenvalue weighted by atomic mass is 10.1. The van der Waals surface area contributed by atoms with Gasteiger partial charge in [0.15, 0.2) is 0 Å². The maximum absolute atomic E-state index is 12.6. The highest BCUT2D eigenvalue weighted by Crippen LogP contribution is 2.26. The molecule has 2 aliphatic heterocycles. The Kier molecular flexibility index (Phi) is 5.19. The molecule has 0 aliphatic carbocycles. The molecule has 0 spiro atoms. The third-order valence-electron chi connectivity index (χ3n) is 5.47. The molecule has 2 unspecified atom stereocenters. The highest BCUT2D eigenvalue weighted by Gasteiger charge is 2.37. The van der Waals surface area contributed by atoms with Crippen LogP contribution in [-0.4, -0.2) is 58.5 Å². The van der Waals surface area contributed by atoms with E-state index < -0.39 is 5.97 Å². The summed E-state index contributed by atoms with van der Waals surface area (Å²) < 4.78 is 0. The Balaban J connectivity index is 1.52. The lowest BCUT2D eigenvalue weighted by Gasteiger charge is -2.30. The standard InChI is InChI=1S/C19H26N2O3/c1-14-17(20-11-2-3-12-20)10-13-21(14)18(22)9-6-15-4-7-16(8-5-15)19(23)24/h4-5,7-8,14,17H,2-3,6,9-13H2,1H3,(H,23,24). The zero-order chi connectivity index (χ0) is 17.1. The Morgan fingerprint density at radius 3 is 2.42 bits per heavy atom. The van der Waals surface area contributed by atoms with Crippen molar-refractivity contribution in [3.8, 4) is 0 Å². The van der Waals surface area contributed by atoms with Crippen LogP contribution in [0.3, 0.4) is 0 Å². The molecule has 5 heteroatoms. The molecule has 24 heavy (non-hydrogen) atoms. The largest absolute Gasteiger partial charge is 0.478 e. The van der Waals surface area contributed by atoms with Crippen molar-refractivity contribution in [3.63, 3.8) is 0 Å². The van der Waals surface area contributed by atoms with Gasteiger partial charge in [-0.15, -0.1) is 0 Å². The highest BCUT2D eigenvalue weighted by molar-refractivity contribution is 5.87. The number of hydrogen-bond acceptors (Lipinski definition) is 3. The van der Waals surface area contributed by atoms with Crippen LogP contribution in [0.25, 0.3) is 0 Å². The number of benzene rings is 1. The predicted octanol–water partition coefficient (Wildman–Crippen LogP) is 2.40. The molecule has 1 amide bonds. The first-order chi connectivity index (χ1) is 11.6. The molecule has 0 saturated carbocycles. The Labute approximate surface area is 143 Å². The van der Waals surface area contributed by atoms with Gasteiger partial charge in [0.05, 0.1) is 5.56 Å². The van der Waals surface area contributed by atoms with E-state index in [2.05, 4.69) is 11.8 Å². The Bertz CT molecular complexity index is 593. The minimum atomic E-state index is -0.920. The molecule has 2 fully saturated rings. The minimum Gasteiger partial charge on any atom is -0.478 e. The van der Waals surface area contributed by atoms with Crippen LogP contribution in [0.1, 0.15) is 48.5 Å². The van der Waals surface area contributed by atoms with Crippen molar-refractivity contribution in [2.24, 2.45) is 0 Å². The van der Waals surface area contributed by atoms with Gasteiger partial charge < -0.3 is 10.0 Å². The molecule has 0 radical (unpaired) electrons. The molecule has 3 rings (SSSR count). The van der Waals surface area contributed by atoms with E-state index in [0.29, 0.717) is 24.9 Å². The van der Waals surface area contributed by atoms with Crippen LogP contribution in [0.5, 0.6) is 0 Å². The van der Waals surface area contributed by atoms with E-state index in [4.69, 9.17) is 5.11 Å². The fourth-order valence-electron chi connectivity index (χ4n) is 4.05. The Morgan fingerprint density at radius 2 is 1.79 bits per heavy atom. The molecular weight excluding hydrogens is 304 g/mol. The lowest BCUT2D eigenvalue weighted by molar-refractivity contribution is -0.132. The third kappa shape index (κ3) is 3.61. The first-order valence-corrected chi connectivity index (χ1v) is 8.92. The summed E-state index contributed by atoms with van der Waals surface area (Å²) >= 11 is 0. The van der Waals surface area contributed by atoms with Crippen molar-refractivity contribution in [2.75, 3.05) is 19.6 Å². The maximum atomic E-state index is 12.6. The monoisotopic (exact) mass is 330 g/mol. The van der Waals surface area contributed by atoms with Crippen molar-refractivity contribution in [3.05, 3.63) is 35.4 Å². The van der Waals surface area contributed by atoms with Crippen molar-refractivity contribution in [1.29, 1.82) is 0 Å². The molecule has 1 N–H and O–H groups in total. The highest BCUT2D eigenvalue weighted by atomic mass is 16.4. The van der Waals surface area contributed by atoms with Crippen LogP contribution in [0, 0.1) is 0 Å². The van der Waals surface area contributed by atoms with E-state index in [1.54, 1.807) is 24.3 Å². The summed E-state index contributed by atoms with van der Waals surface area (Å²) in [6, 6.07) is 7.62. The third-order valence-corrected chi connectivity index (χ3v) is 5.47. The van der Waals surface area contributed by atoms with Crippen LogP contribution in [-0.2, 0) is 11.2 Å². The topological polar surface area (TPSA) is 60.9 Å². The van der Waals surface area contributed by atoms with Crippen molar-refractivity contribution in [1.82, 2.24) is 9.80 Å².